The molecule has 0 fully saturated rings. The molecule has 0 aliphatic carbocycles. The van der Waals surface area contributed by atoms with Gasteiger partial charge in [-0.05, 0) is 36.2 Å². The van der Waals surface area contributed by atoms with Crippen molar-refractivity contribution in [1.29, 1.82) is 0 Å². The van der Waals surface area contributed by atoms with Crippen LogP contribution in [0.15, 0.2) is 36.4 Å². The zero-order chi connectivity index (χ0) is 17.0. The van der Waals surface area contributed by atoms with Gasteiger partial charge in [0, 0.05) is 12.1 Å². The van der Waals surface area contributed by atoms with Gasteiger partial charge in [-0.1, -0.05) is 76.3 Å². The highest BCUT2D eigenvalue weighted by atomic mass is 16.5. The summed E-state index contributed by atoms with van der Waals surface area (Å²) in [5.41, 5.74) is 1.30. The summed E-state index contributed by atoms with van der Waals surface area (Å²) in [6.07, 6.45) is 8.89. The van der Waals surface area contributed by atoms with Gasteiger partial charge in [-0.3, -0.25) is 0 Å². The second-order valence-corrected chi connectivity index (χ2v) is 6.56. The van der Waals surface area contributed by atoms with E-state index in [1.54, 1.807) is 0 Å². The standard InChI is InChI=1S/C22H33NO/c1-3-5-7-8-11-16-23-18-21-20-13-10-9-12-19(20)14-15-22(21)24-17-6-4-2/h9-10,12-15,23H,3-8,11,16-18H2,1-2H3. The van der Waals surface area contributed by atoms with E-state index in [0.29, 0.717) is 0 Å². The molecular weight excluding hydrogens is 294 g/mol. The zero-order valence-corrected chi connectivity index (χ0v) is 15.4. The first-order chi connectivity index (χ1) is 11.9. The molecule has 0 spiro atoms. The van der Waals surface area contributed by atoms with E-state index in [-0.39, 0.29) is 0 Å². The molecule has 2 nitrogen and oxygen atoms in total. The maximum absolute atomic E-state index is 6.06. The number of rotatable bonds is 12. The molecule has 0 heterocycles. The Hall–Kier alpha value is -1.54. The molecule has 0 aliphatic rings. The van der Waals surface area contributed by atoms with Crippen molar-refractivity contribution in [3.63, 3.8) is 0 Å². The summed E-state index contributed by atoms with van der Waals surface area (Å²) in [4.78, 5) is 0. The van der Waals surface area contributed by atoms with E-state index in [0.717, 1.165) is 31.9 Å². The summed E-state index contributed by atoms with van der Waals surface area (Å²) in [7, 11) is 0. The van der Waals surface area contributed by atoms with Crippen molar-refractivity contribution in [3.8, 4) is 5.75 Å². The second kappa shape index (κ2) is 11.1. The molecule has 0 bridgehead atoms. The van der Waals surface area contributed by atoms with Crippen molar-refractivity contribution in [3.05, 3.63) is 42.0 Å². The highest BCUT2D eigenvalue weighted by molar-refractivity contribution is 5.87. The third-order valence-electron chi connectivity index (χ3n) is 4.51. The normalized spacial score (nSPS) is 11.1. The van der Waals surface area contributed by atoms with E-state index in [9.17, 15) is 0 Å². The van der Waals surface area contributed by atoms with Crippen molar-refractivity contribution in [1.82, 2.24) is 5.32 Å². The molecular formula is C22H33NO. The number of hydrogen-bond donors (Lipinski definition) is 1. The van der Waals surface area contributed by atoms with Gasteiger partial charge >= 0.3 is 0 Å². The van der Waals surface area contributed by atoms with Crippen LogP contribution in [0.5, 0.6) is 5.75 Å². The molecule has 2 heteroatoms. The van der Waals surface area contributed by atoms with Gasteiger partial charge in [0.1, 0.15) is 5.75 Å². The fourth-order valence-electron chi connectivity index (χ4n) is 3.03. The second-order valence-electron chi connectivity index (χ2n) is 6.56. The van der Waals surface area contributed by atoms with Gasteiger partial charge in [0.2, 0.25) is 0 Å². The Labute approximate surface area is 147 Å². The summed E-state index contributed by atoms with van der Waals surface area (Å²) in [5.74, 6) is 1.04. The van der Waals surface area contributed by atoms with Crippen LogP contribution in [0.2, 0.25) is 0 Å². The molecule has 0 unspecified atom stereocenters. The fourth-order valence-corrected chi connectivity index (χ4v) is 3.03. The lowest BCUT2D eigenvalue weighted by atomic mass is 10.0. The van der Waals surface area contributed by atoms with Crippen molar-refractivity contribution < 1.29 is 4.74 Å². The van der Waals surface area contributed by atoms with Gasteiger partial charge in [-0.2, -0.15) is 0 Å². The largest absolute Gasteiger partial charge is 0.493 e. The third-order valence-corrected chi connectivity index (χ3v) is 4.51. The average molecular weight is 328 g/mol. The zero-order valence-electron chi connectivity index (χ0n) is 15.4. The Morgan fingerprint density at radius 1 is 0.833 bits per heavy atom. The topological polar surface area (TPSA) is 21.3 Å². The van der Waals surface area contributed by atoms with E-state index in [2.05, 4.69) is 55.6 Å². The maximum Gasteiger partial charge on any atom is 0.124 e. The molecule has 0 amide bonds. The quantitative estimate of drug-likeness (QED) is 0.477. The van der Waals surface area contributed by atoms with E-state index in [4.69, 9.17) is 4.74 Å². The first kappa shape index (κ1) is 18.8. The monoisotopic (exact) mass is 327 g/mol. The smallest absolute Gasteiger partial charge is 0.124 e. The van der Waals surface area contributed by atoms with Gasteiger partial charge in [0.25, 0.3) is 0 Å². The number of unbranched alkanes of at least 4 members (excludes halogenated alkanes) is 5. The lowest BCUT2D eigenvalue weighted by Crippen LogP contribution is -2.16. The molecule has 2 aromatic carbocycles. The lowest BCUT2D eigenvalue weighted by Gasteiger charge is -2.15. The summed E-state index contributed by atoms with van der Waals surface area (Å²) in [6.45, 7) is 7.24. The van der Waals surface area contributed by atoms with Crippen LogP contribution < -0.4 is 10.1 Å². The van der Waals surface area contributed by atoms with Crippen LogP contribution in [-0.4, -0.2) is 13.2 Å². The molecule has 2 aromatic rings. The summed E-state index contributed by atoms with van der Waals surface area (Å²) >= 11 is 0. The number of fused-ring (bicyclic) bond motifs is 1. The number of hydrogen-bond acceptors (Lipinski definition) is 2. The molecule has 0 saturated heterocycles. The van der Waals surface area contributed by atoms with Crippen LogP contribution in [0, 0.1) is 0 Å². The van der Waals surface area contributed by atoms with E-state index < -0.39 is 0 Å². The van der Waals surface area contributed by atoms with E-state index in [1.807, 2.05) is 0 Å². The molecule has 0 radical (unpaired) electrons. The Bertz CT molecular complexity index is 594. The van der Waals surface area contributed by atoms with Crippen LogP contribution in [0.1, 0.15) is 64.4 Å². The molecule has 0 aliphatic heterocycles. The summed E-state index contributed by atoms with van der Waals surface area (Å²) in [5, 5.41) is 6.22. The van der Waals surface area contributed by atoms with Gasteiger partial charge in [0.15, 0.2) is 0 Å². The van der Waals surface area contributed by atoms with Crippen LogP contribution >= 0.6 is 0 Å². The highest BCUT2D eigenvalue weighted by Crippen LogP contribution is 2.28. The molecule has 132 valence electrons. The number of ether oxygens (including phenoxy) is 1. The molecule has 2 rings (SSSR count). The minimum atomic E-state index is 0.804. The number of nitrogens with one attached hydrogen (secondary N) is 1. The molecule has 1 N–H and O–H groups in total. The van der Waals surface area contributed by atoms with Crippen LogP contribution in [0.4, 0.5) is 0 Å². The van der Waals surface area contributed by atoms with Gasteiger partial charge in [-0.15, -0.1) is 0 Å². The molecule has 0 saturated carbocycles. The van der Waals surface area contributed by atoms with Crippen molar-refractivity contribution in [2.75, 3.05) is 13.2 Å². The maximum atomic E-state index is 6.06. The van der Waals surface area contributed by atoms with Crippen molar-refractivity contribution >= 4 is 10.8 Å². The van der Waals surface area contributed by atoms with Gasteiger partial charge in [-0.25, -0.2) is 0 Å². The molecule has 24 heavy (non-hydrogen) atoms. The predicted molar refractivity (Wildman–Crippen MR) is 105 cm³/mol. The van der Waals surface area contributed by atoms with Crippen LogP contribution in [0.3, 0.4) is 0 Å². The van der Waals surface area contributed by atoms with E-state index >= 15 is 0 Å². The Kier molecular flexibility index (Phi) is 8.69. The predicted octanol–water partition coefficient (Wildman–Crippen LogP) is 6.08. The molecule has 0 atom stereocenters. The first-order valence-corrected chi connectivity index (χ1v) is 9.71. The Morgan fingerprint density at radius 2 is 1.62 bits per heavy atom. The van der Waals surface area contributed by atoms with Gasteiger partial charge in [0.05, 0.1) is 6.61 Å². The Balaban J connectivity index is 1.97. The molecule has 0 aromatic heterocycles. The van der Waals surface area contributed by atoms with Gasteiger partial charge < -0.3 is 10.1 Å². The van der Waals surface area contributed by atoms with Crippen molar-refractivity contribution in [2.24, 2.45) is 0 Å². The van der Waals surface area contributed by atoms with Crippen molar-refractivity contribution in [2.45, 2.75) is 65.3 Å². The minimum absolute atomic E-state index is 0.804. The van der Waals surface area contributed by atoms with Crippen LogP contribution in [0.25, 0.3) is 10.8 Å². The van der Waals surface area contributed by atoms with Crippen LogP contribution in [-0.2, 0) is 6.54 Å². The lowest BCUT2D eigenvalue weighted by molar-refractivity contribution is 0.306. The highest BCUT2D eigenvalue weighted by Gasteiger charge is 2.08. The van der Waals surface area contributed by atoms with E-state index in [1.165, 1.54) is 54.9 Å². The minimum Gasteiger partial charge on any atom is -0.493 e. The fraction of sp³-hybridized carbons (Fsp3) is 0.545. The summed E-state index contributed by atoms with van der Waals surface area (Å²) < 4.78 is 6.06. The third kappa shape index (κ3) is 5.83. The first-order valence-electron chi connectivity index (χ1n) is 9.71. The summed E-state index contributed by atoms with van der Waals surface area (Å²) in [6, 6.07) is 12.9. The SMILES string of the molecule is CCCCCCCNCc1c(OCCCC)ccc2ccccc12. The average Bonchev–Trinajstić information content (AvgIpc) is 2.62. The number of benzene rings is 2. The Morgan fingerprint density at radius 3 is 2.46 bits per heavy atom.